The molecule has 0 atom stereocenters. The van der Waals surface area contributed by atoms with Crippen molar-refractivity contribution >= 4 is 17.8 Å². The van der Waals surface area contributed by atoms with Gasteiger partial charge in [-0.05, 0) is 49.7 Å². The van der Waals surface area contributed by atoms with Crippen molar-refractivity contribution in [3.8, 4) is 22.8 Å². The monoisotopic (exact) mass is 423 g/mol. The lowest BCUT2D eigenvalue weighted by Gasteiger charge is -2.07. The minimum Gasteiger partial charge on any atom is -0.497 e. The fourth-order valence-electron chi connectivity index (χ4n) is 2.91. The number of methoxy groups -OCH3 is 2. The summed E-state index contributed by atoms with van der Waals surface area (Å²) in [5.41, 5.74) is 4.74. The van der Waals surface area contributed by atoms with Crippen LogP contribution >= 0.6 is 0 Å². The van der Waals surface area contributed by atoms with Crippen LogP contribution in [0.1, 0.15) is 27.2 Å². The number of ether oxygens (including phenoxy) is 2. The minimum atomic E-state index is -0.454. The van der Waals surface area contributed by atoms with E-state index in [0.717, 1.165) is 5.56 Å². The Labute approximate surface area is 178 Å². The van der Waals surface area contributed by atoms with Crippen molar-refractivity contribution in [3.63, 3.8) is 0 Å². The molecule has 1 heterocycles. The first-order valence-electron chi connectivity index (χ1n) is 9.24. The molecule has 9 nitrogen and oxygen atoms in total. The molecule has 160 valence electrons. The highest BCUT2D eigenvalue weighted by molar-refractivity contribution is 5.95. The average Bonchev–Trinajstić information content (AvgIpc) is 3.23. The van der Waals surface area contributed by atoms with E-state index < -0.39 is 10.8 Å². The molecule has 0 saturated carbocycles. The van der Waals surface area contributed by atoms with E-state index in [9.17, 15) is 14.9 Å². The van der Waals surface area contributed by atoms with Gasteiger partial charge in [0.05, 0.1) is 25.4 Å². The number of hydrazone groups is 1. The van der Waals surface area contributed by atoms with E-state index in [2.05, 4.69) is 10.5 Å². The largest absolute Gasteiger partial charge is 0.497 e. The Morgan fingerprint density at radius 3 is 2.39 bits per heavy atom. The summed E-state index contributed by atoms with van der Waals surface area (Å²) in [6.45, 7) is 3.51. The molecular weight excluding hydrogens is 402 g/mol. The van der Waals surface area contributed by atoms with E-state index in [1.165, 1.54) is 26.5 Å². The SMILES string of the molecule is COc1cc(OC)cc(C(=O)N/N=C\c2ccc(-c3cc(C)c(C)c([N+](=O)[O-])c3)o2)c1. The van der Waals surface area contributed by atoms with Crippen LogP contribution in [0.2, 0.25) is 0 Å². The third kappa shape index (κ3) is 4.89. The van der Waals surface area contributed by atoms with Gasteiger partial charge in [-0.3, -0.25) is 14.9 Å². The van der Waals surface area contributed by atoms with Gasteiger partial charge >= 0.3 is 0 Å². The number of nitrogens with one attached hydrogen (secondary N) is 1. The molecule has 1 aromatic heterocycles. The van der Waals surface area contributed by atoms with Gasteiger partial charge in [0, 0.05) is 28.8 Å². The Morgan fingerprint density at radius 2 is 1.77 bits per heavy atom. The molecule has 0 radical (unpaired) electrons. The van der Waals surface area contributed by atoms with Gasteiger partial charge < -0.3 is 13.9 Å². The summed E-state index contributed by atoms with van der Waals surface area (Å²) in [4.78, 5) is 23.2. The molecule has 0 aliphatic carbocycles. The molecule has 0 aliphatic heterocycles. The first kappa shape index (κ1) is 21.6. The number of carbonyl (C=O) groups is 1. The molecule has 31 heavy (non-hydrogen) atoms. The van der Waals surface area contributed by atoms with Gasteiger partial charge in [-0.25, -0.2) is 5.43 Å². The molecule has 1 N–H and O–H groups in total. The fourth-order valence-corrected chi connectivity index (χ4v) is 2.91. The van der Waals surface area contributed by atoms with Gasteiger partial charge in [-0.1, -0.05) is 0 Å². The molecule has 9 heteroatoms. The summed E-state index contributed by atoms with van der Waals surface area (Å²) in [7, 11) is 2.99. The Balaban J connectivity index is 1.75. The van der Waals surface area contributed by atoms with Crippen molar-refractivity contribution in [2.24, 2.45) is 5.10 Å². The Hall–Kier alpha value is -4.14. The summed E-state index contributed by atoms with van der Waals surface area (Å²) in [5.74, 6) is 1.33. The lowest BCUT2D eigenvalue weighted by Crippen LogP contribution is -2.17. The van der Waals surface area contributed by atoms with E-state index in [0.29, 0.717) is 39.7 Å². The number of amides is 1. The molecule has 3 aromatic rings. The second-order valence-corrected chi connectivity index (χ2v) is 6.70. The molecule has 0 fully saturated rings. The predicted molar refractivity (Wildman–Crippen MR) is 115 cm³/mol. The van der Waals surface area contributed by atoms with E-state index in [1.54, 1.807) is 44.2 Å². The lowest BCUT2D eigenvalue weighted by molar-refractivity contribution is -0.385. The smallest absolute Gasteiger partial charge is 0.273 e. The summed E-state index contributed by atoms with van der Waals surface area (Å²) >= 11 is 0. The van der Waals surface area contributed by atoms with Crippen molar-refractivity contribution < 1.29 is 23.6 Å². The zero-order valence-corrected chi connectivity index (χ0v) is 17.5. The molecule has 2 aromatic carbocycles. The number of aryl methyl sites for hydroxylation is 1. The molecule has 1 amide bonds. The van der Waals surface area contributed by atoms with Gasteiger partial charge in [-0.2, -0.15) is 5.10 Å². The number of benzene rings is 2. The van der Waals surface area contributed by atoms with Crippen LogP contribution in [0, 0.1) is 24.0 Å². The maximum Gasteiger partial charge on any atom is 0.273 e. The molecule has 0 saturated heterocycles. The zero-order chi connectivity index (χ0) is 22.5. The number of rotatable bonds is 7. The molecule has 3 rings (SSSR count). The minimum absolute atomic E-state index is 0.0302. The first-order chi connectivity index (χ1) is 14.8. The highest BCUT2D eigenvalue weighted by atomic mass is 16.6. The maximum atomic E-state index is 12.3. The normalized spacial score (nSPS) is 10.8. The van der Waals surface area contributed by atoms with Crippen LogP contribution < -0.4 is 14.9 Å². The first-order valence-corrected chi connectivity index (χ1v) is 9.24. The van der Waals surface area contributed by atoms with Gasteiger partial charge in [0.15, 0.2) is 0 Å². The van der Waals surface area contributed by atoms with Gasteiger partial charge in [0.1, 0.15) is 23.0 Å². The molecular formula is C22H21N3O6. The molecule has 0 aliphatic rings. The van der Waals surface area contributed by atoms with Gasteiger partial charge in [-0.15, -0.1) is 0 Å². The van der Waals surface area contributed by atoms with E-state index in [1.807, 2.05) is 6.07 Å². The number of carbonyl (C=O) groups excluding carboxylic acids is 1. The van der Waals surface area contributed by atoms with Crippen LogP contribution in [0.25, 0.3) is 11.3 Å². The quantitative estimate of drug-likeness (QED) is 0.345. The standard InChI is InChI=1S/C22H21N3O6/c1-13-7-15(10-20(14(13)2)25(27)28)21-6-5-17(31-21)12-23-24-22(26)16-8-18(29-3)11-19(9-16)30-4/h5-12H,1-4H3,(H,24,26)/b23-12-. The second kappa shape index (κ2) is 9.12. The highest BCUT2D eigenvalue weighted by Crippen LogP contribution is 2.30. The molecule has 0 spiro atoms. The maximum absolute atomic E-state index is 12.3. The van der Waals surface area contributed by atoms with Crippen LogP contribution in [0.4, 0.5) is 5.69 Å². The van der Waals surface area contributed by atoms with Gasteiger partial charge in [0.25, 0.3) is 11.6 Å². The predicted octanol–water partition coefficient (Wildman–Crippen LogP) is 4.25. The lowest BCUT2D eigenvalue weighted by atomic mass is 10.0. The summed E-state index contributed by atoms with van der Waals surface area (Å²) in [5, 5.41) is 15.2. The summed E-state index contributed by atoms with van der Waals surface area (Å²) in [6, 6.07) is 11.4. The third-order valence-corrected chi connectivity index (χ3v) is 4.72. The van der Waals surface area contributed by atoms with Crippen LogP contribution in [0.15, 0.2) is 52.0 Å². The Morgan fingerprint density at radius 1 is 1.10 bits per heavy atom. The van der Waals surface area contributed by atoms with Crippen molar-refractivity contribution in [2.75, 3.05) is 14.2 Å². The molecule has 0 unspecified atom stereocenters. The van der Waals surface area contributed by atoms with Gasteiger partial charge in [0.2, 0.25) is 0 Å². The van der Waals surface area contributed by atoms with Crippen LogP contribution in [-0.4, -0.2) is 31.3 Å². The third-order valence-electron chi connectivity index (χ3n) is 4.72. The van der Waals surface area contributed by atoms with Crippen LogP contribution in [0.5, 0.6) is 11.5 Å². The number of furan rings is 1. The van der Waals surface area contributed by atoms with E-state index >= 15 is 0 Å². The molecule has 0 bridgehead atoms. The number of hydrogen-bond acceptors (Lipinski definition) is 7. The summed E-state index contributed by atoms with van der Waals surface area (Å²) in [6.07, 6.45) is 1.34. The number of nitrogens with zero attached hydrogens (tertiary/aromatic N) is 2. The second-order valence-electron chi connectivity index (χ2n) is 6.70. The van der Waals surface area contributed by atoms with Crippen molar-refractivity contribution in [1.82, 2.24) is 5.43 Å². The van der Waals surface area contributed by atoms with Crippen molar-refractivity contribution in [2.45, 2.75) is 13.8 Å². The topological polar surface area (TPSA) is 116 Å². The summed E-state index contributed by atoms with van der Waals surface area (Å²) < 4.78 is 16.0. The average molecular weight is 423 g/mol. The van der Waals surface area contributed by atoms with Crippen molar-refractivity contribution in [1.29, 1.82) is 0 Å². The van der Waals surface area contributed by atoms with E-state index in [4.69, 9.17) is 13.9 Å². The van der Waals surface area contributed by atoms with Crippen molar-refractivity contribution in [3.05, 3.63) is 75.0 Å². The fraction of sp³-hybridized carbons (Fsp3) is 0.182. The highest BCUT2D eigenvalue weighted by Gasteiger charge is 2.16. The van der Waals surface area contributed by atoms with E-state index in [-0.39, 0.29) is 5.69 Å². The van der Waals surface area contributed by atoms with Crippen LogP contribution in [0.3, 0.4) is 0 Å². The number of nitro benzene ring substituents is 1. The van der Waals surface area contributed by atoms with Crippen LogP contribution in [-0.2, 0) is 0 Å². The number of nitro groups is 1. The Bertz CT molecular complexity index is 1140. The zero-order valence-electron chi connectivity index (χ0n) is 17.5. The number of hydrogen-bond donors (Lipinski definition) is 1. The Kier molecular flexibility index (Phi) is 6.35.